The van der Waals surface area contributed by atoms with Crippen LogP contribution in [0.4, 0.5) is 11.4 Å². The summed E-state index contributed by atoms with van der Waals surface area (Å²) in [6.45, 7) is 1.16. The molecule has 0 aliphatic carbocycles. The number of benzene rings is 3. The minimum atomic E-state index is -0.670. The van der Waals surface area contributed by atoms with Crippen molar-refractivity contribution >= 4 is 34.2 Å². The number of anilines is 1. The number of carbonyl (C=O) groups is 2. The summed E-state index contributed by atoms with van der Waals surface area (Å²) in [4.78, 5) is 40.3. The number of aryl methyl sites for hydroxylation is 1. The van der Waals surface area contributed by atoms with Crippen LogP contribution in [0.5, 0.6) is 0 Å². The minimum Gasteiger partial charge on any atom is -0.452 e. The number of nitro groups is 1. The summed E-state index contributed by atoms with van der Waals surface area (Å²) in [6.07, 6.45) is 0. The molecule has 0 aliphatic heterocycles. The lowest BCUT2D eigenvalue weighted by molar-refractivity contribution is -0.384. The van der Waals surface area contributed by atoms with E-state index in [1.807, 2.05) is 36.4 Å². The second kappa shape index (κ2) is 9.27. The SMILES string of the molecule is Cc1ccc([N+](=O)[O-])cc1NC(=O)COC(=O)c1cc(-c2ccccc2)nc2ccccc12. The number of aromatic nitrogens is 1. The quantitative estimate of drug-likeness (QED) is 0.258. The van der Waals surface area contributed by atoms with Crippen LogP contribution < -0.4 is 5.32 Å². The molecule has 164 valence electrons. The lowest BCUT2D eigenvalue weighted by atomic mass is 10.0. The number of carbonyl (C=O) groups excluding carboxylic acids is 2. The van der Waals surface area contributed by atoms with Crippen molar-refractivity contribution in [1.82, 2.24) is 4.98 Å². The van der Waals surface area contributed by atoms with Gasteiger partial charge in [0.1, 0.15) is 0 Å². The highest BCUT2D eigenvalue weighted by Gasteiger charge is 2.17. The lowest BCUT2D eigenvalue weighted by Gasteiger charge is -2.11. The van der Waals surface area contributed by atoms with E-state index in [1.54, 1.807) is 31.2 Å². The molecule has 3 aromatic carbocycles. The summed E-state index contributed by atoms with van der Waals surface area (Å²) in [7, 11) is 0. The molecule has 0 aliphatic rings. The molecule has 4 rings (SSSR count). The van der Waals surface area contributed by atoms with Crippen molar-refractivity contribution in [3.63, 3.8) is 0 Å². The van der Waals surface area contributed by atoms with E-state index in [4.69, 9.17) is 4.74 Å². The fourth-order valence-corrected chi connectivity index (χ4v) is 3.35. The third-order valence-electron chi connectivity index (χ3n) is 5.05. The molecule has 0 atom stereocenters. The molecule has 1 heterocycles. The number of nitrogens with one attached hydrogen (secondary N) is 1. The Morgan fingerprint density at radius 2 is 1.73 bits per heavy atom. The van der Waals surface area contributed by atoms with Gasteiger partial charge in [-0.1, -0.05) is 54.6 Å². The maximum atomic E-state index is 12.9. The molecular weight excluding hydrogens is 422 g/mol. The number of esters is 1. The molecule has 0 fully saturated rings. The predicted molar refractivity (Wildman–Crippen MR) is 124 cm³/mol. The molecule has 33 heavy (non-hydrogen) atoms. The van der Waals surface area contributed by atoms with Gasteiger partial charge in [0.2, 0.25) is 0 Å². The van der Waals surface area contributed by atoms with E-state index in [2.05, 4.69) is 10.3 Å². The predicted octanol–water partition coefficient (Wildman–Crippen LogP) is 4.91. The number of para-hydroxylation sites is 1. The van der Waals surface area contributed by atoms with Gasteiger partial charge in [-0.15, -0.1) is 0 Å². The van der Waals surface area contributed by atoms with Gasteiger partial charge >= 0.3 is 5.97 Å². The number of amides is 1. The molecule has 8 nitrogen and oxygen atoms in total. The van der Waals surface area contributed by atoms with E-state index in [1.165, 1.54) is 18.2 Å². The normalized spacial score (nSPS) is 10.6. The number of nitro benzene ring substituents is 1. The van der Waals surface area contributed by atoms with E-state index in [-0.39, 0.29) is 11.4 Å². The van der Waals surface area contributed by atoms with Gasteiger partial charge in [0.05, 0.1) is 27.4 Å². The average Bonchev–Trinajstić information content (AvgIpc) is 2.83. The van der Waals surface area contributed by atoms with Crippen LogP contribution in [0.2, 0.25) is 0 Å². The standard InChI is InChI=1S/C25H19N3O5/c1-16-11-12-18(28(31)32)13-22(16)27-24(29)15-33-25(30)20-14-23(17-7-3-2-4-8-17)26-21-10-6-5-9-19(20)21/h2-14H,15H2,1H3,(H,27,29). The van der Waals surface area contributed by atoms with Crippen molar-refractivity contribution in [1.29, 1.82) is 0 Å². The molecule has 0 saturated heterocycles. The fraction of sp³-hybridized carbons (Fsp3) is 0.0800. The zero-order valence-electron chi connectivity index (χ0n) is 17.6. The molecule has 0 saturated carbocycles. The van der Waals surface area contributed by atoms with Crippen molar-refractivity contribution in [2.75, 3.05) is 11.9 Å². The number of pyridine rings is 1. The Kier molecular flexibility index (Phi) is 6.08. The van der Waals surface area contributed by atoms with E-state index < -0.39 is 23.4 Å². The molecule has 8 heteroatoms. The maximum absolute atomic E-state index is 12.9. The monoisotopic (exact) mass is 441 g/mol. The van der Waals surface area contributed by atoms with Crippen LogP contribution in [0.1, 0.15) is 15.9 Å². The molecule has 1 N–H and O–H groups in total. The third kappa shape index (κ3) is 4.85. The zero-order valence-corrected chi connectivity index (χ0v) is 17.6. The number of ether oxygens (including phenoxy) is 1. The van der Waals surface area contributed by atoms with Gasteiger partial charge in [-0.05, 0) is 24.6 Å². The second-order valence-corrected chi connectivity index (χ2v) is 7.32. The molecule has 0 spiro atoms. The highest BCUT2D eigenvalue weighted by Crippen LogP contribution is 2.26. The first-order chi connectivity index (χ1) is 15.9. The first kappa shape index (κ1) is 21.6. The van der Waals surface area contributed by atoms with Gasteiger partial charge in [0.25, 0.3) is 11.6 Å². The topological polar surface area (TPSA) is 111 Å². The van der Waals surface area contributed by atoms with Crippen LogP contribution >= 0.6 is 0 Å². The highest BCUT2D eigenvalue weighted by molar-refractivity contribution is 6.05. The van der Waals surface area contributed by atoms with Crippen molar-refractivity contribution in [3.8, 4) is 11.3 Å². The zero-order chi connectivity index (χ0) is 23.4. The van der Waals surface area contributed by atoms with E-state index >= 15 is 0 Å². The van der Waals surface area contributed by atoms with Crippen molar-refractivity contribution in [2.45, 2.75) is 6.92 Å². The van der Waals surface area contributed by atoms with Crippen molar-refractivity contribution in [2.24, 2.45) is 0 Å². The number of hydrogen-bond acceptors (Lipinski definition) is 6. The molecule has 0 unspecified atom stereocenters. The van der Waals surface area contributed by atoms with Crippen LogP contribution in [-0.2, 0) is 9.53 Å². The number of fused-ring (bicyclic) bond motifs is 1. The maximum Gasteiger partial charge on any atom is 0.339 e. The van der Waals surface area contributed by atoms with E-state index in [9.17, 15) is 19.7 Å². The highest BCUT2D eigenvalue weighted by atomic mass is 16.6. The Bertz CT molecular complexity index is 1370. The molecule has 0 bridgehead atoms. The Labute approximate surface area is 189 Å². The summed E-state index contributed by atoms with van der Waals surface area (Å²) in [5.74, 6) is -1.27. The van der Waals surface area contributed by atoms with E-state index in [0.717, 1.165) is 5.56 Å². The van der Waals surface area contributed by atoms with Gasteiger partial charge in [-0.3, -0.25) is 14.9 Å². The first-order valence-corrected chi connectivity index (χ1v) is 10.1. The number of hydrogen-bond donors (Lipinski definition) is 1. The van der Waals surface area contributed by atoms with Gasteiger partial charge < -0.3 is 10.1 Å². The van der Waals surface area contributed by atoms with Crippen LogP contribution in [0.25, 0.3) is 22.2 Å². The summed E-state index contributed by atoms with van der Waals surface area (Å²) >= 11 is 0. The first-order valence-electron chi connectivity index (χ1n) is 10.1. The summed E-state index contributed by atoms with van der Waals surface area (Å²) in [6, 6.07) is 22.4. The van der Waals surface area contributed by atoms with Gasteiger partial charge in [-0.2, -0.15) is 0 Å². The largest absolute Gasteiger partial charge is 0.452 e. The molecule has 1 amide bonds. The van der Waals surface area contributed by atoms with Crippen LogP contribution in [0.3, 0.4) is 0 Å². The van der Waals surface area contributed by atoms with Gasteiger partial charge in [0.15, 0.2) is 6.61 Å². The van der Waals surface area contributed by atoms with Gasteiger partial charge in [0, 0.05) is 23.1 Å². The summed E-state index contributed by atoms with van der Waals surface area (Å²) in [5.41, 5.74) is 3.15. The van der Waals surface area contributed by atoms with Crippen molar-refractivity contribution in [3.05, 3.63) is 100 Å². The Morgan fingerprint density at radius 1 is 1.00 bits per heavy atom. The molecule has 1 aromatic heterocycles. The number of nitrogens with zero attached hydrogens (tertiary/aromatic N) is 2. The molecule has 0 radical (unpaired) electrons. The van der Waals surface area contributed by atoms with Crippen LogP contribution in [0.15, 0.2) is 78.9 Å². The van der Waals surface area contributed by atoms with Crippen LogP contribution in [0, 0.1) is 17.0 Å². The Balaban J connectivity index is 1.54. The summed E-state index contributed by atoms with van der Waals surface area (Å²) < 4.78 is 5.27. The third-order valence-corrected chi connectivity index (χ3v) is 5.05. The summed E-state index contributed by atoms with van der Waals surface area (Å²) in [5, 5.41) is 14.1. The smallest absolute Gasteiger partial charge is 0.339 e. The molecular formula is C25H19N3O5. The lowest BCUT2D eigenvalue weighted by Crippen LogP contribution is -2.21. The number of non-ortho nitro benzene ring substituents is 1. The Morgan fingerprint density at radius 3 is 2.48 bits per heavy atom. The minimum absolute atomic E-state index is 0.149. The van der Waals surface area contributed by atoms with Crippen LogP contribution in [-0.4, -0.2) is 28.4 Å². The fourth-order valence-electron chi connectivity index (χ4n) is 3.35. The average molecular weight is 441 g/mol. The second-order valence-electron chi connectivity index (χ2n) is 7.32. The molecule has 4 aromatic rings. The van der Waals surface area contributed by atoms with Crippen molar-refractivity contribution < 1.29 is 19.2 Å². The van der Waals surface area contributed by atoms with Gasteiger partial charge in [-0.25, -0.2) is 9.78 Å². The number of rotatable bonds is 6. The Hall–Kier alpha value is -4.59. The van der Waals surface area contributed by atoms with E-state index in [0.29, 0.717) is 27.7 Å².